The molecule has 3 heteroatoms. The van der Waals surface area contributed by atoms with Gasteiger partial charge in [0.05, 0.1) is 5.41 Å². The Morgan fingerprint density at radius 2 is 2.13 bits per heavy atom. The van der Waals surface area contributed by atoms with E-state index in [1.807, 2.05) is 24.3 Å². The van der Waals surface area contributed by atoms with E-state index in [4.69, 9.17) is 11.5 Å². The van der Waals surface area contributed by atoms with E-state index in [1.165, 1.54) is 0 Å². The SMILES string of the molecule is CC1CC(C(N)=O)(c2cccc(N)c2)C1. The highest BCUT2D eigenvalue weighted by molar-refractivity contribution is 5.88. The second-order valence-electron chi connectivity index (χ2n) is 4.59. The van der Waals surface area contributed by atoms with Crippen LogP contribution in [0.2, 0.25) is 0 Å². The highest BCUT2D eigenvalue weighted by atomic mass is 16.1. The Morgan fingerprint density at radius 3 is 2.60 bits per heavy atom. The van der Waals surface area contributed by atoms with Crippen molar-refractivity contribution in [1.82, 2.24) is 0 Å². The Kier molecular flexibility index (Phi) is 2.18. The van der Waals surface area contributed by atoms with Gasteiger partial charge in [0, 0.05) is 5.69 Å². The molecule has 0 radical (unpaired) electrons. The van der Waals surface area contributed by atoms with Gasteiger partial charge >= 0.3 is 0 Å². The monoisotopic (exact) mass is 204 g/mol. The van der Waals surface area contributed by atoms with Crippen molar-refractivity contribution in [2.24, 2.45) is 11.7 Å². The van der Waals surface area contributed by atoms with E-state index in [0.717, 1.165) is 18.4 Å². The predicted molar refractivity (Wildman–Crippen MR) is 60.1 cm³/mol. The van der Waals surface area contributed by atoms with E-state index in [9.17, 15) is 4.79 Å². The summed E-state index contributed by atoms with van der Waals surface area (Å²) in [6.07, 6.45) is 1.68. The van der Waals surface area contributed by atoms with E-state index in [1.54, 1.807) is 0 Å². The summed E-state index contributed by atoms with van der Waals surface area (Å²) in [4.78, 5) is 11.5. The van der Waals surface area contributed by atoms with Crippen molar-refractivity contribution in [1.29, 1.82) is 0 Å². The summed E-state index contributed by atoms with van der Waals surface area (Å²) in [5, 5.41) is 0. The van der Waals surface area contributed by atoms with Crippen molar-refractivity contribution in [2.45, 2.75) is 25.2 Å². The molecule has 0 unspecified atom stereocenters. The van der Waals surface area contributed by atoms with Crippen LogP contribution in [0.1, 0.15) is 25.3 Å². The van der Waals surface area contributed by atoms with E-state index in [0.29, 0.717) is 11.6 Å². The molecule has 1 aromatic rings. The van der Waals surface area contributed by atoms with Gasteiger partial charge in [-0.05, 0) is 36.5 Å². The van der Waals surface area contributed by atoms with Crippen LogP contribution in [0.15, 0.2) is 24.3 Å². The molecule has 2 rings (SSSR count). The summed E-state index contributed by atoms with van der Waals surface area (Å²) in [6.45, 7) is 2.13. The van der Waals surface area contributed by atoms with Gasteiger partial charge in [0.15, 0.2) is 0 Å². The quantitative estimate of drug-likeness (QED) is 0.715. The second-order valence-corrected chi connectivity index (χ2v) is 4.59. The minimum Gasteiger partial charge on any atom is -0.399 e. The van der Waals surface area contributed by atoms with Gasteiger partial charge in [0.1, 0.15) is 0 Å². The minimum atomic E-state index is -0.463. The van der Waals surface area contributed by atoms with Crippen molar-refractivity contribution in [3.8, 4) is 0 Å². The first-order chi connectivity index (χ1) is 7.04. The molecule has 3 nitrogen and oxygen atoms in total. The average Bonchev–Trinajstić information content (AvgIpc) is 2.12. The summed E-state index contributed by atoms with van der Waals surface area (Å²) in [7, 11) is 0. The molecule has 0 aliphatic heterocycles. The lowest BCUT2D eigenvalue weighted by atomic mass is 9.59. The second kappa shape index (κ2) is 3.26. The zero-order chi connectivity index (χ0) is 11.1. The number of hydrogen-bond acceptors (Lipinski definition) is 2. The molecule has 4 N–H and O–H groups in total. The molecule has 1 aliphatic carbocycles. The van der Waals surface area contributed by atoms with Gasteiger partial charge in [-0.1, -0.05) is 19.1 Å². The maximum Gasteiger partial charge on any atom is 0.228 e. The molecule has 0 spiro atoms. The zero-order valence-corrected chi connectivity index (χ0v) is 8.86. The van der Waals surface area contributed by atoms with Crippen LogP contribution in [0.5, 0.6) is 0 Å². The molecule has 1 amide bonds. The molecule has 0 bridgehead atoms. The fourth-order valence-electron chi connectivity index (χ4n) is 2.55. The predicted octanol–water partition coefficient (Wildman–Crippen LogP) is 1.42. The number of anilines is 1. The Bertz CT molecular complexity index is 394. The Labute approximate surface area is 89.5 Å². The minimum absolute atomic E-state index is 0.230. The first kappa shape index (κ1) is 10.0. The number of nitrogen functional groups attached to an aromatic ring is 1. The number of hydrogen-bond donors (Lipinski definition) is 2. The van der Waals surface area contributed by atoms with Crippen molar-refractivity contribution < 1.29 is 4.79 Å². The topological polar surface area (TPSA) is 69.1 Å². The highest BCUT2D eigenvalue weighted by Gasteiger charge is 2.48. The Balaban J connectivity index is 2.39. The van der Waals surface area contributed by atoms with Crippen LogP contribution < -0.4 is 11.5 Å². The Morgan fingerprint density at radius 1 is 1.47 bits per heavy atom. The largest absolute Gasteiger partial charge is 0.399 e. The van der Waals surface area contributed by atoms with Crippen molar-refractivity contribution >= 4 is 11.6 Å². The van der Waals surface area contributed by atoms with Gasteiger partial charge in [0.2, 0.25) is 5.91 Å². The average molecular weight is 204 g/mol. The van der Waals surface area contributed by atoms with E-state index >= 15 is 0 Å². The number of nitrogens with two attached hydrogens (primary N) is 2. The van der Waals surface area contributed by atoms with Crippen molar-refractivity contribution in [3.05, 3.63) is 29.8 Å². The van der Waals surface area contributed by atoms with Gasteiger partial charge in [0.25, 0.3) is 0 Å². The normalized spacial score (nSPS) is 29.5. The van der Waals surface area contributed by atoms with Crippen LogP contribution in [0, 0.1) is 5.92 Å². The lowest BCUT2D eigenvalue weighted by molar-refractivity contribution is -0.128. The number of carbonyl (C=O) groups excluding carboxylic acids is 1. The molecular formula is C12H16N2O. The maximum atomic E-state index is 11.5. The molecule has 15 heavy (non-hydrogen) atoms. The van der Waals surface area contributed by atoms with Gasteiger partial charge < -0.3 is 11.5 Å². The van der Waals surface area contributed by atoms with Gasteiger partial charge in [-0.15, -0.1) is 0 Å². The lowest BCUT2D eigenvalue weighted by Crippen LogP contribution is -2.50. The third kappa shape index (κ3) is 1.48. The molecule has 1 fully saturated rings. The zero-order valence-electron chi connectivity index (χ0n) is 8.86. The molecule has 0 heterocycles. The van der Waals surface area contributed by atoms with Gasteiger partial charge in [-0.3, -0.25) is 4.79 Å². The fourth-order valence-corrected chi connectivity index (χ4v) is 2.55. The molecule has 0 atom stereocenters. The van der Waals surface area contributed by atoms with Crippen LogP contribution in [-0.2, 0) is 10.2 Å². The number of rotatable bonds is 2. The van der Waals surface area contributed by atoms with Crippen LogP contribution in [0.25, 0.3) is 0 Å². The van der Waals surface area contributed by atoms with E-state index in [2.05, 4.69) is 6.92 Å². The number of amides is 1. The number of carbonyl (C=O) groups is 1. The van der Waals surface area contributed by atoms with Crippen molar-refractivity contribution in [2.75, 3.05) is 5.73 Å². The number of primary amides is 1. The Hall–Kier alpha value is -1.51. The van der Waals surface area contributed by atoms with E-state index in [-0.39, 0.29) is 5.91 Å². The smallest absolute Gasteiger partial charge is 0.228 e. The highest BCUT2D eigenvalue weighted by Crippen LogP contribution is 2.47. The third-order valence-corrected chi connectivity index (χ3v) is 3.30. The molecule has 0 saturated heterocycles. The van der Waals surface area contributed by atoms with E-state index < -0.39 is 5.41 Å². The molecule has 1 saturated carbocycles. The molecule has 80 valence electrons. The van der Waals surface area contributed by atoms with Crippen LogP contribution >= 0.6 is 0 Å². The van der Waals surface area contributed by atoms with Crippen LogP contribution in [-0.4, -0.2) is 5.91 Å². The summed E-state index contributed by atoms with van der Waals surface area (Å²) in [5.41, 5.74) is 12.4. The first-order valence-corrected chi connectivity index (χ1v) is 5.20. The number of benzene rings is 1. The summed E-state index contributed by atoms with van der Waals surface area (Å²) < 4.78 is 0. The standard InChI is InChI=1S/C12H16N2O/c1-8-6-12(7-8,11(14)15)9-3-2-4-10(13)5-9/h2-5,8H,6-7,13H2,1H3,(H2,14,15). The molecule has 1 aliphatic rings. The van der Waals surface area contributed by atoms with Crippen LogP contribution in [0.4, 0.5) is 5.69 Å². The van der Waals surface area contributed by atoms with Crippen LogP contribution in [0.3, 0.4) is 0 Å². The summed E-state index contributed by atoms with van der Waals surface area (Å²) >= 11 is 0. The van der Waals surface area contributed by atoms with Gasteiger partial charge in [-0.2, -0.15) is 0 Å². The first-order valence-electron chi connectivity index (χ1n) is 5.20. The molecular weight excluding hydrogens is 188 g/mol. The van der Waals surface area contributed by atoms with Gasteiger partial charge in [-0.25, -0.2) is 0 Å². The third-order valence-electron chi connectivity index (χ3n) is 3.30. The van der Waals surface area contributed by atoms with Crippen molar-refractivity contribution in [3.63, 3.8) is 0 Å². The summed E-state index contributed by atoms with van der Waals surface area (Å²) in [5.74, 6) is 0.338. The molecule has 1 aromatic carbocycles. The fraction of sp³-hybridized carbons (Fsp3) is 0.417. The summed E-state index contributed by atoms with van der Waals surface area (Å²) in [6, 6.07) is 7.49. The maximum absolute atomic E-state index is 11.5. The molecule has 0 aromatic heterocycles. The lowest BCUT2D eigenvalue weighted by Gasteiger charge is -2.44.